The number of carboxylic acids is 1. The lowest BCUT2D eigenvalue weighted by molar-refractivity contribution is -0.136. The van der Waals surface area contributed by atoms with Crippen molar-refractivity contribution in [2.24, 2.45) is 7.05 Å². The number of pyridine rings is 1. The number of aromatic nitrogens is 1. The molecule has 3 aromatic rings. The Morgan fingerprint density at radius 1 is 1.21 bits per heavy atom. The van der Waals surface area contributed by atoms with Crippen LogP contribution in [-0.2, 0) is 11.8 Å². The van der Waals surface area contributed by atoms with Gasteiger partial charge >= 0.3 is 5.97 Å². The van der Waals surface area contributed by atoms with Crippen LogP contribution < -0.4 is 10.3 Å². The molecule has 150 valence electrons. The first-order valence-corrected chi connectivity index (χ1v) is 8.81. The van der Waals surface area contributed by atoms with E-state index in [1.165, 1.54) is 43.4 Å². The number of aromatic hydroxyl groups is 1. The Bertz CT molecular complexity index is 1200. The normalized spacial score (nSPS) is 10.9. The van der Waals surface area contributed by atoms with Gasteiger partial charge in [-0.2, -0.15) is 0 Å². The number of ketones is 1. The monoisotopic (exact) mass is 419 g/mol. The van der Waals surface area contributed by atoms with Crippen LogP contribution in [0, 0.1) is 5.82 Å². The lowest BCUT2D eigenvalue weighted by Gasteiger charge is -2.13. The number of benzene rings is 2. The Morgan fingerprint density at radius 2 is 1.93 bits per heavy atom. The average molecular weight is 420 g/mol. The standard InChI is InChI=1S/C20H15ClFNO6/c1-23-13-9-10(29-15-4-2-3-12(21)18(15)22)5-6-11(13)19(27)17(20(23)28)14(24)7-8-16(25)26/h2-6,9,27H,7-8H2,1H3,(H,25,26). The van der Waals surface area contributed by atoms with Crippen molar-refractivity contribution in [1.82, 2.24) is 4.57 Å². The molecule has 0 atom stereocenters. The molecular weight excluding hydrogens is 405 g/mol. The number of carbonyl (C=O) groups excluding carboxylic acids is 1. The zero-order chi connectivity index (χ0) is 21.3. The predicted molar refractivity (Wildman–Crippen MR) is 104 cm³/mol. The summed E-state index contributed by atoms with van der Waals surface area (Å²) in [5.74, 6) is -3.19. The molecule has 2 aromatic carbocycles. The second-order valence-electron chi connectivity index (χ2n) is 6.24. The molecule has 0 aliphatic heterocycles. The third-order valence-electron chi connectivity index (χ3n) is 4.33. The summed E-state index contributed by atoms with van der Waals surface area (Å²) in [6.07, 6.45) is -0.879. The fourth-order valence-corrected chi connectivity index (χ4v) is 3.02. The molecule has 0 aliphatic carbocycles. The Hall–Kier alpha value is -3.39. The molecule has 0 spiro atoms. The topological polar surface area (TPSA) is 106 Å². The van der Waals surface area contributed by atoms with Crippen molar-refractivity contribution >= 4 is 34.3 Å². The molecule has 0 bridgehead atoms. The molecule has 0 fully saturated rings. The molecule has 0 radical (unpaired) electrons. The molecule has 29 heavy (non-hydrogen) atoms. The minimum Gasteiger partial charge on any atom is -0.506 e. The summed E-state index contributed by atoms with van der Waals surface area (Å²) >= 11 is 5.73. The Morgan fingerprint density at radius 3 is 2.62 bits per heavy atom. The van der Waals surface area contributed by atoms with Crippen molar-refractivity contribution in [1.29, 1.82) is 0 Å². The molecule has 3 rings (SSSR count). The largest absolute Gasteiger partial charge is 0.506 e. The third kappa shape index (κ3) is 3.93. The van der Waals surface area contributed by atoms with Gasteiger partial charge in [-0.3, -0.25) is 14.4 Å². The molecule has 9 heteroatoms. The SMILES string of the molecule is Cn1c(=O)c(C(=O)CCC(=O)O)c(O)c2ccc(Oc3cccc(Cl)c3F)cc21. The lowest BCUT2D eigenvalue weighted by Crippen LogP contribution is -2.25. The van der Waals surface area contributed by atoms with Gasteiger partial charge in [0.15, 0.2) is 17.3 Å². The van der Waals surface area contributed by atoms with Crippen LogP contribution in [-0.4, -0.2) is 26.5 Å². The Kier molecular flexibility index (Phi) is 5.56. The van der Waals surface area contributed by atoms with E-state index in [0.29, 0.717) is 0 Å². The number of aliphatic carboxylic acids is 1. The molecule has 2 N–H and O–H groups in total. The van der Waals surface area contributed by atoms with E-state index in [-0.39, 0.29) is 27.4 Å². The van der Waals surface area contributed by atoms with Crippen LogP contribution in [0.2, 0.25) is 5.02 Å². The van der Waals surface area contributed by atoms with Crippen LogP contribution in [0.5, 0.6) is 17.2 Å². The van der Waals surface area contributed by atoms with Gasteiger partial charge in [-0.05, 0) is 24.3 Å². The van der Waals surface area contributed by atoms with Crippen LogP contribution in [0.25, 0.3) is 10.9 Å². The van der Waals surface area contributed by atoms with Gasteiger partial charge < -0.3 is 19.5 Å². The average Bonchev–Trinajstić information content (AvgIpc) is 2.68. The molecule has 1 heterocycles. The van der Waals surface area contributed by atoms with Gasteiger partial charge in [-0.1, -0.05) is 17.7 Å². The van der Waals surface area contributed by atoms with E-state index in [1.54, 1.807) is 0 Å². The summed E-state index contributed by atoms with van der Waals surface area (Å²) in [5.41, 5.74) is -1.02. The first kappa shape index (κ1) is 20.3. The van der Waals surface area contributed by atoms with Gasteiger partial charge in [0.1, 0.15) is 17.1 Å². The molecule has 0 amide bonds. The van der Waals surface area contributed by atoms with Crippen molar-refractivity contribution in [3.63, 3.8) is 0 Å². The Labute approximate surface area is 168 Å². The number of rotatable bonds is 6. The molecule has 0 saturated carbocycles. The zero-order valence-corrected chi connectivity index (χ0v) is 15.9. The number of carbonyl (C=O) groups is 2. The van der Waals surface area contributed by atoms with Gasteiger partial charge in [-0.15, -0.1) is 0 Å². The maximum atomic E-state index is 14.0. The highest BCUT2D eigenvalue weighted by Gasteiger charge is 2.22. The number of Topliss-reactive ketones (excluding diaryl/α,β-unsaturated/α-hetero) is 1. The summed E-state index contributed by atoms with van der Waals surface area (Å²) in [5, 5.41) is 19.2. The van der Waals surface area contributed by atoms with Crippen molar-refractivity contribution in [2.45, 2.75) is 12.8 Å². The first-order chi connectivity index (χ1) is 13.7. The maximum absolute atomic E-state index is 14.0. The van der Waals surface area contributed by atoms with Gasteiger partial charge in [0, 0.05) is 24.9 Å². The molecule has 0 unspecified atom stereocenters. The molecule has 7 nitrogen and oxygen atoms in total. The Balaban J connectivity index is 2.06. The van der Waals surface area contributed by atoms with E-state index in [9.17, 15) is 23.9 Å². The summed E-state index contributed by atoms with van der Waals surface area (Å²) in [6.45, 7) is 0. The second-order valence-corrected chi connectivity index (χ2v) is 6.64. The van der Waals surface area contributed by atoms with Gasteiger partial charge in [0.25, 0.3) is 5.56 Å². The quantitative estimate of drug-likeness (QED) is 0.587. The van der Waals surface area contributed by atoms with Crippen LogP contribution >= 0.6 is 11.6 Å². The van der Waals surface area contributed by atoms with E-state index in [4.69, 9.17) is 21.4 Å². The number of fused-ring (bicyclic) bond motifs is 1. The molecule has 0 aliphatic rings. The highest BCUT2D eigenvalue weighted by molar-refractivity contribution is 6.30. The van der Waals surface area contributed by atoms with Crippen LogP contribution in [0.1, 0.15) is 23.2 Å². The lowest BCUT2D eigenvalue weighted by atomic mass is 10.0. The molecule has 1 aromatic heterocycles. The van der Waals surface area contributed by atoms with Gasteiger partial charge in [-0.25, -0.2) is 4.39 Å². The summed E-state index contributed by atoms with van der Waals surface area (Å²) in [6, 6.07) is 8.51. The number of nitrogens with zero attached hydrogens (tertiary/aromatic N) is 1. The first-order valence-electron chi connectivity index (χ1n) is 8.43. The van der Waals surface area contributed by atoms with E-state index in [1.807, 2.05) is 0 Å². The third-order valence-corrected chi connectivity index (χ3v) is 4.62. The zero-order valence-electron chi connectivity index (χ0n) is 15.1. The number of ether oxygens (including phenoxy) is 1. The number of halogens is 2. The minimum absolute atomic E-state index is 0.113. The van der Waals surface area contributed by atoms with Crippen molar-refractivity contribution in [2.75, 3.05) is 0 Å². The maximum Gasteiger partial charge on any atom is 0.303 e. The van der Waals surface area contributed by atoms with E-state index in [2.05, 4.69) is 0 Å². The highest BCUT2D eigenvalue weighted by Crippen LogP contribution is 2.33. The summed E-state index contributed by atoms with van der Waals surface area (Å²) < 4.78 is 20.7. The predicted octanol–water partition coefficient (Wildman–Crippen LogP) is 3.88. The molecular formula is C20H15ClFNO6. The van der Waals surface area contributed by atoms with Gasteiger partial charge in [0.2, 0.25) is 0 Å². The van der Waals surface area contributed by atoms with Crippen molar-refractivity contribution in [3.05, 3.63) is 63.2 Å². The number of hydrogen-bond donors (Lipinski definition) is 2. The van der Waals surface area contributed by atoms with Crippen molar-refractivity contribution < 1.29 is 28.9 Å². The van der Waals surface area contributed by atoms with Crippen molar-refractivity contribution in [3.8, 4) is 17.2 Å². The highest BCUT2D eigenvalue weighted by atomic mass is 35.5. The van der Waals surface area contributed by atoms with Gasteiger partial charge in [0.05, 0.1) is 17.0 Å². The van der Waals surface area contributed by atoms with E-state index in [0.717, 1.165) is 4.57 Å². The second kappa shape index (κ2) is 7.92. The number of carboxylic acid groups (broad SMARTS) is 1. The van der Waals surface area contributed by atoms with E-state index < -0.39 is 47.3 Å². The van der Waals surface area contributed by atoms with E-state index >= 15 is 0 Å². The fourth-order valence-electron chi connectivity index (χ4n) is 2.85. The number of hydrogen-bond acceptors (Lipinski definition) is 5. The molecule has 0 saturated heterocycles. The number of aryl methyl sites for hydroxylation is 1. The summed E-state index contributed by atoms with van der Waals surface area (Å²) in [7, 11) is 1.39. The smallest absolute Gasteiger partial charge is 0.303 e. The van der Waals surface area contributed by atoms with Crippen LogP contribution in [0.4, 0.5) is 4.39 Å². The van der Waals surface area contributed by atoms with Crippen LogP contribution in [0.15, 0.2) is 41.2 Å². The minimum atomic E-state index is -1.19. The summed E-state index contributed by atoms with van der Waals surface area (Å²) in [4.78, 5) is 35.5. The fraction of sp³-hybridized carbons (Fsp3) is 0.150. The van der Waals surface area contributed by atoms with Crippen LogP contribution in [0.3, 0.4) is 0 Å².